The van der Waals surface area contributed by atoms with Crippen LogP contribution in [0, 0.1) is 10.1 Å². The lowest BCUT2D eigenvalue weighted by atomic mass is 10.0. The van der Waals surface area contributed by atoms with Gasteiger partial charge in [-0.25, -0.2) is 0 Å². The van der Waals surface area contributed by atoms with Crippen LogP contribution >= 0.6 is 0 Å². The van der Waals surface area contributed by atoms with Crippen LogP contribution in [-0.2, 0) is 4.79 Å². The topological polar surface area (TPSA) is 63.4 Å². The fourth-order valence-electron chi connectivity index (χ4n) is 1.82. The Kier molecular flexibility index (Phi) is 2.96. The Morgan fingerprint density at radius 2 is 2.19 bits per heavy atom. The van der Waals surface area contributed by atoms with E-state index in [1.807, 2.05) is 4.90 Å². The van der Waals surface area contributed by atoms with Crippen LogP contribution < -0.4 is 0 Å². The average molecular weight is 220 g/mol. The Balaban J connectivity index is 2.26. The van der Waals surface area contributed by atoms with Gasteiger partial charge in [-0.1, -0.05) is 12.1 Å². The molecule has 1 aliphatic rings. The highest BCUT2D eigenvalue weighted by Gasteiger charge is 2.25. The van der Waals surface area contributed by atoms with Crippen molar-refractivity contribution >= 4 is 12.0 Å². The van der Waals surface area contributed by atoms with E-state index in [0.717, 1.165) is 25.8 Å². The number of carbonyl (C=O) groups excluding carboxylic acids is 1. The van der Waals surface area contributed by atoms with Crippen LogP contribution in [0.2, 0.25) is 0 Å². The molecule has 84 valence electrons. The summed E-state index contributed by atoms with van der Waals surface area (Å²) in [5.41, 5.74) is 0.730. The van der Waals surface area contributed by atoms with Gasteiger partial charge in [-0.15, -0.1) is 0 Å². The molecule has 0 saturated carbocycles. The molecule has 2 rings (SSSR count). The van der Waals surface area contributed by atoms with Crippen molar-refractivity contribution in [2.24, 2.45) is 0 Å². The summed E-state index contributed by atoms with van der Waals surface area (Å²) in [7, 11) is 0. The van der Waals surface area contributed by atoms with E-state index in [0.29, 0.717) is 5.56 Å². The largest absolute Gasteiger partial charge is 0.301 e. The summed E-state index contributed by atoms with van der Waals surface area (Å²) in [5.74, 6) is 0. The lowest BCUT2D eigenvalue weighted by molar-refractivity contribution is -0.384. The molecule has 0 amide bonds. The maximum absolute atomic E-state index is 11.0. The van der Waals surface area contributed by atoms with Gasteiger partial charge < -0.3 is 4.79 Å². The van der Waals surface area contributed by atoms with Gasteiger partial charge in [0, 0.05) is 25.2 Å². The highest BCUT2D eigenvalue weighted by atomic mass is 16.6. The van der Waals surface area contributed by atoms with Crippen LogP contribution in [0.4, 0.5) is 5.69 Å². The number of benzene rings is 1. The molecular weight excluding hydrogens is 208 g/mol. The first-order valence-electron chi connectivity index (χ1n) is 5.16. The van der Waals surface area contributed by atoms with Crippen LogP contribution in [0.3, 0.4) is 0 Å². The van der Waals surface area contributed by atoms with Crippen LogP contribution in [0.5, 0.6) is 0 Å². The molecule has 1 saturated heterocycles. The van der Waals surface area contributed by atoms with Crippen LogP contribution in [-0.4, -0.2) is 29.2 Å². The van der Waals surface area contributed by atoms with Gasteiger partial charge in [0.25, 0.3) is 5.69 Å². The second-order valence-electron chi connectivity index (χ2n) is 3.82. The maximum Gasteiger partial charge on any atom is 0.269 e. The van der Waals surface area contributed by atoms with Gasteiger partial charge in [-0.05, 0) is 12.0 Å². The van der Waals surface area contributed by atoms with E-state index in [4.69, 9.17) is 0 Å². The number of carbonyl (C=O) groups is 1. The molecule has 1 aromatic carbocycles. The zero-order valence-corrected chi connectivity index (χ0v) is 8.70. The second kappa shape index (κ2) is 4.40. The van der Waals surface area contributed by atoms with Gasteiger partial charge in [0.1, 0.15) is 6.29 Å². The highest BCUT2D eigenvalue weighted by molar-refractivity contribution is 5.62. The van der Waals surface area contributed by atoms with Crippen LogP contribution in [0.25, 0.3) is 0 Å². The molecular formula is C11H12N2O3. The van der Waals surface area contributed by atoms with Crippen molar-refractivity contribution in [3.8, 4) is 0 Å². The van der Waals surface area contributed by atoms with Gasteiger partial charge in [0.15, 0.2) is 0 Å². The molecule has 0 spiro atoms. The number of non-ortho nitro benzene ring substituents is 1. The summed E-state index contributed by atoms with van der Waals surface area (Å²) in [6, 6.07) is 5.93. The lowest BCUT2D eigenvalue weighted by Gasteiger charge is -2.35. The van der Waals surface area contributed by atoms with Crippen LogP contribution in [0.15, 0.2) is 24.3 Å². The minimum atomic E-state index is -0.443. The Hall–Kier alpha value is -1.75. The number of rotatable bonds is 4. The monoisotopic (exact) mass is 220 g/mol. The molecule has 1 fully saturated rings. The van der Waals surface area contributed by atoms with Gasteiger partial charge in [-0.2, -0.15) is 0 Å². The molecule has 0 aliphatic carbocycles. The number of hydrogen-bond donors (Lipinski definition) is 0. The van der Waals surface area contributed by atoms with Crippen LogP contribution in [0.1, 0.15) is 18.0 Å². The first-order chi connectivity index (χ1) is 7.72. The minimum Gasteiger partial charge on any atom is -0.301 e. The molecule has 0 N–H and O–H groups in total. The van der Waals surface area contributed by atoms with Gasteiger partial charge in [-0.3, -0.25) is 15.0 Å². The van der Waals surface area contributed by atoms with E-state index < -0.39 is 4.92 Å². The first-order valence-corrected chi connectivity index (χ1v) is 5.16. The standard InChI is InChI=1S/C11H12N2O3/c14-8-11(12-5-2-6-12)9-3-1-4-10(7-9)13(15)16/h1,3-4,7-8,11H,2,5-6H2. The molecule has 0 radical (unpaired) electrons. The maximum atomic E-state index is 11.0. The third kappa shape index (κ3) is 1.94. The minimum absolute atomic E-state index is 0.0323. The summed E-state index contributed by atoms with van der Waals surface area (Å²) in [6.45, 7) is 1.76. The predicted molar refractivity (Wildman–Crippen MR) is 58.1 cm³/mol. The first kappa shape index (κ1) is 10.8. The summed E-state index contributed by atoms with van der Waals surface area (Å²) in [6.07, 6.45) is 1.93. The quantitative estimate of drug-likeness (QED) is 0.438. The van der Waals surface area contributed by atoms with E-state index in [1.165, 1.54) is 12.1 Å². The number of likely N-dealkylation sites (tertiary alicyclic amines) is 1. The van der Waals surface area contributed by atoms with Crippen molar-refractivity contribution < 1.29 is 9.72 Å². The van der Waals surface area contributed by atoms with Gasteiger partial charge >= 0.3 is 0 Å². The third-order valence-corrected chi connectivity index (χ3v) is 2.84. The van der Waals surface area contributed by atoms with Crippen molar-refractivity contribution in [3.63, 3.8) is 0 Å². The Morgan fingerprint density at radius 3 is 2.69 bits per heavy atom. The molecule has 0 aromatic heterocycles. The normalized spacial score (nSPS) is 17.5. The van der Waals surface area contributed by atoms with Crippen molar-refractivity contribution in [2.45, 2.75) is 12.5 Å². The third-order valence-electron chi connectivity index (χ3n) is 2.84. The predicted octanol–water partition coefficient (Wildman–Crippen LogP) is 1.54. The Labute approximate surface area is 92.8 Å². The van der Waals surface area contributed by atoms with E-state index in [2.05, 4.69) is 0 Å². The van der Waals surface area contributed by atoms with E-state index >= 15 is 0 Å². The smallest absolute Gasteiger partial charge is 0.269 e. The number of nitro benzene ring substituents is 1. The molecule has 5 heteroatoms. The summed E-state index contributed by atoms with van der Waals surface area (Å²) < 4.78 is 0. The van der Waals surface area contributed by atoms with Crippen molar-refractivity contribution in [2.75, 3.05) is 13.1 Å². The second-order valence-corrected chi connectivity index (χ2v) is 3.82. The lowest BCUT2D eigenvalue weighted by Crippen LogP contribution is -2.40. The summed E-state index contributed by atoms with van der Waals surface area (Å²) in [4.78, 5) is 23.2. The number of hydrogen-bond acceptors (Lipinski definition) is 4. The number of nitro groups is 1. The van der Waals surface area contributed by atoms with E-state index in [9.17, 15) is 14.9 Å². The Bertz CT molecular complexity index is 415. The summed E-state index contributed by atoms with van der Waals surface area (Å²) >= 11 is 0. The fourth-order valence-corrected chi connectivity index (χ4v) is 1.82. The summed E-state index contributed by atoms with van der Waals surface area (Å²) in [5, 5.41) is 10.6. The van der Waals surface area contributed by atoms with Gasteiger partial charge in [0.2, 0.25) is 0 Å². The molecule has 1 unspecified atom stereocenters. The van der Waals surface area contributed by atoms with Crippen molar-refractivity contribution in [3.05, 3.63) is 39.9 Å². The molecule has 5 nitrogen and oxygen atoms in total. The molecule has 0 bridgehead atoms. The molecule has 1 aromatic rings. The number of aldehydes is 1. The van der Waals surface area contributed by atoms with Crippen molar-refractivity contribution in [1.29, 1.82) is 0 Å². The Morgan fingerprint density at radius 1 is 1.44 bits per heavy atom. The molecule has 1 aliphatic heterocycles. The van der Waals surface area contributed by atoms with Gasteiger partial charge in [0.05, 0.1) is 11.0 Å². The van der Waals surface area contributed by atoms with Crippen molar-refractivity contribution in [1.82, 2.24) is 4.90 Å². The highest BCUT2D eigenvalue weighted by Crippen LogP contribution is 2.26. The fraction of sp³-hybridized carbons (Fsp3) is 0.364. The van der Waals surface area contributed by atoms with E-state index in [1.54, 1.807) is 12.1 Å². The number of nitrogens with zero attached hydrogens (tertiary/aromatic N) is 2. The SMILES string of the molecule is O=CC(c1cccc([N+](=O)[O-])c1)N1CCC1. The molecule has 16 heavy (non-hydrogen) atoms. The average Bonchev–Trinajstić information content (AvgIpc) is 2.23. The zero-order valence-electron chi connectivity index (χ0n) is 8.70. The molecule has 1 atom stereocenters. The molecule has 1 heterocycles. The van der Waals surface area contributed by atoms with E-state index in [-0.39, 0.29) is 11.7 Å². The zero-order chi connectivity index (χ0) is 11.5.